The van der Waals surface area contributed by atoms with Crippen molar-refractivity contribution in [3.8, 4) is 5.75 Å². The minimum absolute atomic E-state index is 0.133. The fraction of sp³-hybridized carbons (Fsp3) is 0.200. The van der Waals surface area contributed by atoms with E-state index in [1.807, 2.05) is 0 Å². The molecule has 7 heteroatoms. The van der Waals surface area contributed by atoms with Crippen molar-refractivity contribution in [1.82, 2.24) is 10.2 Å². The van der Waals surface area contributed by atoms with Crippen molar-refractivity contribution in [3.63, 3.8) is 0 Å². The van der Waals surface area contributed by atoms with Gasteiger partial charge in [0.25, 0.3) is 0 Å². The monoisotopic (exact) mass is 238 g/mol. The molecule has 0 radical (unpaired) electrons. The molecule has 0 amide bonds. The van der Waals surface area contributed by atoms with E-state index >= 15 is 0 Å². The van der Waals surface area contributed by atoms with E-state index in [0.29, 0.717) is 11.6 Å². The number of methoxy groups -OCH3 is 1. The number of hydrogen-bond donors (Lipinski definition) is 2. The van der Waals surface area contributed by atoms with Crippen molar-refractivity contribution in [3.05, 3.63) is 29.9 Å². The molecule has 0 aliphatic rings. The summed E-state index contributed by atoms with van der Waals surface area (Å²) >= 11 is 0. The van der Waals surface area contributed by atoms with Gasteiger partial charge < -0.3 is 20.2 Å². The largest absolute Gasteiger partial charge is 0.494 e. The van der Waals surface area contributed by atoms with E-state index in [9.17, 15) is 4.39 Å². The molecule has 1 heterocycles. The van der Waals surface area contributed by atoms with Crippen LogP contribution in [0.4, 0.5) is 16.1 Å². The lowest BCUT2D eigenvalue weighted by atomic mass is 10.3. The van der Waals surface area contributed by atoms with Crippen LogP contribution in [-0.4, -0.2) is 17.3 Å². The van der Waals surface area contributed by atoms with Crippen LogP contribution in [0.1, 0.15) is 5.89 Å². The third-order valence-electron chi connectivity index (χ3n) is 2.04. The molecule has 0 aliphatic carbocycles. The van der Waals surface area contributed by atoms with Gasteiger partial charge in [0.1, 0.15) is 0 Å². The molecule has 90 valence electrons. The van der Waals surface area contributed by atoms with Crippen LogP contribution in [0.15, 0.2) is 22.6 Å². The highest BCUT2D eigenvalue weighted by atomic mass is 19.1. The predicted molar refractivity (Wildman–Crippen MR) is 58.4 cm³/mol. The summed E-state index contributed by atoms with van der Waals surface area (Å²) < 4.78 is 23.1. The molecule has 6 nitrogen and oxygen atoms in total. The minimum atomic E-state index is -0.439. The zero-order valence-electron chi connectivity index (χ0n) is 9.11. The molecule has 2 rings (SSSR count). The second kappa shape index (κ2) is 4.79. The quantitative estimate of drug-likeness (QED) is 0.837. The Labute approximate surface area is 96.6 Å². The van der Waals surface area contributed by atoms with Crippen molar-refractivity contribution < 1.29 is 13.5 Å². The van der Waals surface area contributed by atoms with E-state index in [1.165, 1.54) is 25.3 Å². The molecule has 2 aromatic rings. The molecule has 3 N–H and O–H groups in total. The van der Waals surface area contributed by atoms with Crippen LogP contribution in [0.25, 0.3) is 0 Å². The lowest BCUT2D eigenvalue weighted by Crippen LogP contribution is -1.95. The van der Waals surface area contributed by atoms with Gasteiger partial charge in [0.2, 0.25) is 5.89 Å². The first-order chi connectivity index (χ1) is 8.22. The molecule has 1 aromatic heterocycles. The summed E-state index contributed by atoms with van der Waals surface area (Å²) in [7, 11) is 1.39. The van der Waals surface area contributed by atoms with Crippen molar-refractivity contribution in [2.75, 3.05) is 12.4 Å². The van der Waals surface area contributed by atoms with Gasteiger partial charge in [0.05, 0.1) is 13.7 Å². The molecule has 0 saturated heterocycles. The maximum Gasteiger partial charge on any atom is 0.320 e. The first-order valence-corrected chi connectivity index (χ1v) is 4.86. The van der Waals surface area contributed by atoms with Gasteiger partial charge in [-0.25, -0.2) is 4.39 Å². The predicted octanol–water partition coefficient (Wildman–Crippen LogP) is 1.42. The van der Waals surface area contributed by atoms with Gasteiger partial charge in [-0.15, -0.1) is 5.10 Å². The molecule has 0 unspecified atom stereocenters. The number of nitrogens with two attached hydrogens (primary N) is 1. The second-order valence-corrected chi connectivity index (χ2v) is 3.18. The van der Waals surface area contributed by atoms with Gasteiger partial charge in [-0.05, 0) is 12.1 Å². The minimum Gasteiger partial charge on any atom is -0.494 e. The third kappa shape index (κ3) is 2.51. The number of ether oxygens (including phenoxy) is 1. The van der Waals surface area contributed by atoms with Gasteiger partial charge >= 0.3 is 6.01 Å². The van der Waals surface area contributed by atoms with Gasteiger partial charge in [-0.3, -0.25) is 0 Å². The number of aromatic nitrogens is 2. The smallest absolute Gasteiger partial charge is 0.320 e. The summed E-state index contributed by atoms with van der Waals surface area (Å²) in [6.45, 7) is 0.168. The first-order valence-electron chi connectivity index (χ1n) is 4.86. The molecule has 0 atom stereocenters. The van der Waals surface area contributed by atoms with Gasteiger partial charge in [0, 0.05) is 11.8 Å². The van der Waals surface area contributed by atoms with Crippen molar-refractivity contribution >= 4 is 11.7 Å². The highest BCUT2D eigenvalue weighted by Gasteiger charge is 2.07. The van der Waals surface area contributed by atoms with Crippen LogP contribution in [0.3, 0.4) is 0 Å². The standard InChI is InChI=1S/C10H11FN4O2/c1-16-8-4-6(2-3-7(8)11)13-10-15-14-9(5-12)17-10/h2-4H,5,12H2,1H3,(H,13,15). The molecule has 0 bridgehead atoms. The van der Waals surface area contributed by atoms with E-state index in [2.05, 4.69) is 15.5 Å². The summed E-state index contributed by atoms with van der Waals surface area (Å²) in [5.74, 6) is 0.0152. The van der Waals surface area contributed by atoms with E-state index in [-0.39, 0.29) is 18.3 Å². The molecule has 1 aromatic carbocycles. The van der Waals surface area contributed by atoms with Gasteiger partial charge in [0.15, 0.2) is 11.6 Å². The van der Waals surface area contributed by atoms with Crippen LogP contribution in [0.2, 0.25) is 0 Å². The number of halogens is 1. The highest BCUT2D eigenvalue weighted by Crippen LogP contribution is 2.23. The number of benzene rings is 1. The molecule has 17 heavy (non-hydrogen) atoms. The Morgan fingerprint density at radius 2 is 2.29 bits per heavy atom. The highest BCUT2D eigenvalue weighted by molar-refractivity contribution is 5.55. The zero-order valence-corrected chi connectivity index (χ0v) is 9.11. The molecular formula is C10H11FN4O2. The average Bonchev–Trinajstić information content (AvgIpc) is 2.79. The summed E-state index contributed by atoms with van der Waals surface area (Å²) in [5.41, 5.74) is 5.91. The Bertz CT molecular complexity index is 515. The van der Waals surface area contributed by atoms with Gasteiger partial charge in [-0.1, -0.05) is 5.10 Å². The van der Waals surface area contributed by atoms with Crippen LogP contribution >= 0.6 is 0 Å². The van der Waals surface area contributed by atoms with Crippen LogP contribution in [0, 0.1) is 5.82 Å². The van der Waals surface area contributed by atoms with E-state index in [4.69, 9.17) is 14.9 Å². The van der Waals surface area contributed by atoms with E-state index < -0.39 is 5.82 Å². The third-order valence-corrected chi connectivity index (χ3v) is 2.04. The molecule has 0 saturated carbocycles. The molecule has 0 aliphatic heterocycles. The molecule has 0 fully saturated rings. The average molecular weight is 238 g/mol. The normalized spacial score (nSPS) is 10.3. The fourth-order valence-electron chi connectivity index (χ4n) is 1.25. The molecular weight excluding hydrogens is 227 g/mol. The van der Waals surface area contributed by atoms with Crippen molar-refractivity contribution in [2.45, 2.75) is 6.54 Å². The maximum atomic E-state index is 13.1. The van der Waals surface area contributed by atoms with E-state index in [0.717, 1.165) is 0 Å². The molecule has 0 spiro atoms. The summed E-state index contributed by atoms with van der Waals surface area (Å²) in [5, 5.41) is 10.2. The summed E-state index contributed by atoms with van der Waals surface area (Å²) in [6.07, 6.45) is 0. The number of nitrogens with zero attached hydrogens (tertiary/aromatic N) is 2. The van der Waals surface area contributed by atoms with Crippen molar-refractivity contribution in [2.24, 2.45) is 5.73 Å². The number of rotatable bonds is 4. The number of nitrogens with one attached hydrogen (secondary N) is 1. The van der Waals surface area contributed by atoms with Crippen LogP contribution < -0.4 is 15.8 Å². The Morgan fingerprint density at radius 1 is 1.47 bits per heavy atom. The Morgan fingerprint density at radius 3 is 2.94 bits per heavy atom. The van der Waals surface area contributed by atoms with Gasteiger partial charge in [-0.2, -0.15) is 0 Å². The summed E-state index contributed by atoms with van der Waals surface area (Å²) in [4.78, 5) is 0. The Balaban J connectivity index is 2.18. The lowest BCUT2D eigenvalue weighted by Gasteiger charge is -2.05. The topological polar surface area (TPSA) is 86.2 Å². The number of hydrogen-bond acceptors (Lipinski definition) is 6. The summed E-state index contributed by atoms with van der Waals surface area (Å²) in [6, 6.07) is 4.49. The van der Waals surface area contributed by atoms with Crippen LogP contribution in [0.5, 0.6) is 5.75 Å². The second-order valence-electron chi connectivity index (χ2n) is 3.18. The van der Waals surface area contributed by atoms with E-state index in [1.54, 1.807) is 0 Å². The maximum absolute atomic E-state index is 13.1. The van der Waals surface area contributed by atoms with Crippen LogP contribution in [-0.2, 0) is 6.54 Å². The number of anilines is 2. The SMILES string of the molecule is COc1cc(Nc2nnc(CN)o2)ccc1F. The Kier molecular flexibility index (Phi) is 3.20. The lowest BCUT2D eigenvalue weighted by molar-refractivity contribution is 0.387. The fourth-order valence-corrected chi connectivity index (χ4v) is 1.25. The Hall–Kier alpha value is -2.15. The van der Waals surface area contributed by atoms with Crippen molar-refractivity contribution in [1.29, 1.82) is 0 Å². The first kappa shape index (κ1) is 11.3. The zero-order chi connectivity index (χ0) is 12.3.